The van der Waals surface area contributed by atoms with Crippen molar-refractivity contribution in [3.05, 3.63) is 0 Å². The van der Waals surface area contributed by atoms with Crippen LogP contribution in [0, 0.1) is 0 Å². The molecule has 1 fully saturated rings. The number of amides is 1. The molecule has 1 heterocycles. The number of hydrogen-bond donors (Lipinski definition) is 1. The maximum absolute atomic E-state index is 11.5. The van der Waals surface area contributed by atoms with Gasteiger partial charge in [0.1, 0.15) is 0 Å². The molecule has 0 aromatic carbocycles. The maximum Gasteiger partial charge on any atom is 0.233 e. The SMILES string of the molecule is CSSCC(=O)N1CCN(N)CC1. The fraction of sp³-hybridized carbons (Fsp3) is 0.857. The van der Waals surface area contributed by atoms with Crippen LogP contribution in [-0.4, -0.2) is 54.0 Å². The highest BCUT2D eigenvalue weighted by molar-refractivity contribution is 8.76. The van der Waals surface area contributed by atoms with Crippen molar-refractivity contribution in [1.29, 1.82) is 0 Å². The zero-order valence-electron chi connectivity index (χ0n) is 7.73. The second-order valence-electron chi connectivity index (χ2n) is 2.85. The van der Waals surface area contributed by atoms with Crippen LogP contribution in [0.5, 0.6) is 0 Å². The highest BCUT2D eigenvalue weighted by atomic mass is 33.1. The standard InChI is InChI=1S/C7H15N3OS2/c1-12-13-6-7(11)9-2-4-10(8)5-3-9/h2-6,8H2,1H3. The second kappa shape index (κ2) is 5.74. The Morgan fingerprint density at radius 2 is 2.00 bits per heavy atom. The van der Waals surface area contributed by atoms with Crippen molar-refractivity contribution in [2.45, 2.75) is 0 Å². The number of nitrogens with two attached hydrogens (primary N) is 1. The first-order chi connectivity index (χ1) is 6.24. The third-order valence-electron chi connectivity index (χ3n) is 1.97. The van der Waals surface area contributed by atoms with Crippen LogP contribution in [0.1, 0.15) is 0 Å². The minimum atomic E-state index is 0.229. The van der Waals surface area contributed by atoms with Gasteiger partial charge in [0.05, 0.1) is 5.75 Å². The quantitative estimate of drug-likeness (QED) is 0.538. The zero-order valence-corrected chi connectivity index (χ0v) is 9.37. The summed E-state index contributed by atoms with van der Waals surface area (Å²) in [6.07, 6.45) is 1.98. The highest BCUT2D eigenvalue weighted by Gasteiger charge is 2.18. The van der Waals surface area contributed by atoms with Crippen LogP contribution in [0.3, 0.4) is 0 Å². The molecule has 0 saturated carbocycles. The van der Waals surface area contributed by atoms with E-state index in [-0.39, 0.29) is 5.91 Å². The van der Waals surface area contributed by atoms with Crippen molar-refractivity contribution in [2.75, 3.05) is 38.2 Å². The molecule has 6 heteroatoms. The van der Waals surface area contributed by atoms with E-state index in [0.717, 1.165) is 26.2 Å². The predicted octanol–water partition coefficient (Wildman–Crippen LogP) is 0.0155. The van der Waals surface area contributed by atoms with Crippen molar-refractivity contribution in [2.24, 2.45) is 5.84 Å². The second-order valence-corrected chi connectivity index (χ2v) is 5.41. The lowest BCUT2D eigenvalue weighted by Gasteiger charge is -2.31. The minimum Gasteiger partial charge on any atom is -0.339 e. The average molecular weight is 221 g/mol. The monoisotopic (exact) mass is 221 g/mol. The molecule has 76 valence electrons. The lowest BCUT2D eigenvalue weighted by molar-refractivity contribution is -0.130. The first kappa shape index (κ1) is 11.2. The number of hydrazine groups is 1. The van der Waals surface area contributed by atoms with E-state index in [4.69, 9.17) is 5.84 Å². The van der Waals surface area contributed by atoms with Gasteiger partial charge < -0.3 is 4.90 Å². The summed E-state index contributed by atoms with van der Waals surface area (Å²) in [6, 6.07) is 0. The number of rotatable bonds is 3. The highest BCUT2D eigenvalue weighted by Crippen LogP contribution is 2.17. The fourth-order valence-electron chi connectivity index (χ4n) is 1.17. The van der Waals surface area contributed by atoms with Gasteiger partial charge in [-0.2, -0.15) is 0 Å². The molecule has 0 bridgehead atoms. The summed E-state index contributed by atoms with van der Waals surface area (Å²) in [5.41, 5.74) is 0. The summed E-state index contributed by atoms with van der Waals surface area (Å²) < 4.78 is 0. The molecule has 0 spiro atoms. The van der Waals surface area contributed by atoms with Gasteiger partial charge in [-0.3, -0.25) is 10.6 Å². The molecule has 0 aliphatic carbocycles. The lowest BCUT2D eigenvalue weighted by atomic mass is 10.3. The number of hydrogen-bond acceptors (Lipinski definition) is 5. The fourth-order valence-corrected chi connectivity index (χ4v) is 2.23. The van der Waals surface area contributed by atoms with Gasteiger partial charge in [0.2, 0.25) is 5.91 Å². The van der Waals surface area contributed by atoms with E-state index in [1.807, 2.05) is 11.2 Å². The van der Waals surface area contributed by atoms with Gasteiger partial charge in [0.15, 0.2) is 0 Å². The van der Waals surface area contributed by atoms with Crippen LogP contribution in [0.2, 0.25) is 0 Å². The molecule has 0 aromatic heterocycles. The third kappa shape index (κ3) is 3.76. The summed E-state index contributed by atoms with van der Waals surface area (Å²) in [5.74, 6) is 6.39. The number of carbonyl (C=O) groups excluding carboxylic acids is 1. The van der Waals surface area contributed by atoms with Gasteiger partial charge in [0, 0.05) is 26.2 Å². The molecular weight excluding hydrogens is 206 g/mol. The molecule has 0 aromatic rings. The normalized spacial score (nSPS) is 19.1. The van der Waals surface area contributed by atoms with E-state index < -0.39 is 0 Å². The van der Waals surface area contributed by atoms with Gasteiger partial charge in [-0.25, -0.2) is 5.01 Å². The van der Waals surface area contributed by atoms with Crippen molar-refractivity contribution < 1.29 is 4.79 Å². The molecule has 1 aliphatic heterocycles. The largest absolute Gasteiger partial charge is 0.339 e. The number of nitrogens with zero attached hydrogens (tertiary/aromatic N) is 2. The van der Waals surface area contributed by atoms with Crippen molar-refractivity contribution in [3.63, 3.8) is 0 Å². The molecule has 0 radical (unpaired) electrons. The van der Waals surface area contributed by atoms with Gasteiger partial charge >= 0.3 is 0 Å². The first-order valence-electron chi connectivity index (χ1n) is 4.17. The van der Waals surface area contributed by atoms with Crippen LogP contribution < -0.4 is 5.84 Å². The Labute approximate surface area is 86.6 Å². The van der Waals surface area contributed by atoms with E-state index in [1.54, 1.807) is 26.6 Å². The predicted molar refractivity (Wildman–Crippen MR) is 58.3 cm³/mol. The van der Waals surface area contributed by atoms with Crippen LogP contribution in [0.25, 0.3) is 0 Å². The topological polar surface area (TPSA) is 49.6 Å². The molecule has 1 aliphatic rings. The van der Waals surface area contributed by atoms with Gasteiger partial charge in [-0.05, 0) is 6.26 Å². The van der Waals surface area contributed by atoms with Gasteiger partial charge in [0.25, 0.3) is 0 Å². The Balaban J connectivity index is 2.23. The first-order valence-corrected chi connectivity index (χ1v) is 6.90. The lowest BCUT2D eigenvalue weighted by Crippen LogP contribution is -2.51. The van der Waals surface area contributed by atoms with Crippen LogP contribution in [0.15, 0.2) is 0 Å². The molecule has 1 saturated heterocycles. The number of piperazine rings is 1. The zero-order chi connectivity index (χ0) is 9.68. The van der Waals surface area contributed by atoms with E-state index in [9.17, 15) is 4.79 Å². The summed E-state index contributed by atoms with van der Waals surface area (Å²) in [5, 5.41) is 1.76. The maximum atomic E-state index is 11.5. The van der Waals surface area contributed by atoms with E-state index in [0.29, 0.717) is 5.75 Å². The molecule has 0 unspecified atom stereocenters. The molecular formula is C7H15N3OS2. The van der Waals surface area contributed by atoms with Crippen LogP contribution in [0.4, 0.5) is 0 Å². The molecule has 1 amide bonds. The summed E-state index contributed by atoms with van der Waals surface area (Å²) in [6.45, 7) is 3.11. The van der Waals surface area contributed by atoms with Crippen LogP contribution in [-0.2, 0) is 4.79 Å². The average Bonchev–Trinajstić information content (AvgIpc) is 2.15. The van der Waals surface area contributed by atoms with E-state index in [1.165, 1.54) is 0 Å². The van der Waals surface area contributed by atoms with Gasteiger partial charge in [-0.1, -0.05) is 21.6 Å². The molecule has 2 N–H and O–H groups in total. The minimum absolute atomic E-state index is 0.229. The van der Waals surface area contributed by atoms with E-state index in [2.05, 4.69) is 0 Å². The molecule has 13 heavy (non-hydrogen) atoms. The van der Waals surface area contributed by atoms with Crippen molar-refractivity contribution in [3.8, 4) is 0 Å². The Kier molecular flexibility index (Phi) is 4.93. The summed E-state index contributed by atoms with van der Waals surface area (Å²) in [4.78, 5) is 13.4. The van der Waals surface area contributed by atoms with Crippen LogP contribution >= 0.6 is 21.6 Å². The third-order valence-corrected chi connectivity index (χ3v) is 3.63. The Morgan fingerprint density at radius 3 is 2.54 bits per heavy atom. The van der Waals surface area contributed by atoms with Gasteiger partial charge in [-0.15, -0.1) is 0 Å². The summed E-state index contributed by atoms with van der Waals surface area (Å²) in [7, 11) is 3.22. The molecule has 0 atom stereocenters. The molecule has 4 nitrogen and oxygen atoms in total. The van der Waals surface area contributed by atoms with Crippen molar-refractivity contribution >= 4 is 27.5 Å². The summed E-state index contributed by atoms with van der Waals surface area (Å²) >= 11 is 0. The Morgan fingerprint density at radius 1 is 1.38 bits per heavy atom. The Hall–Kier alpha value is 0.0900. The Bertz CT molecular complexity index is 171. The number of carbonyl (C=O) groups is 1. The molecule has 1 rings (SSSR count). The van der Waals surface area contributed by atoms with Crippen molar-refractivity contribution in [1.82, 2.24) is 9.91 Å². The van der Waals surface area contributed by atoms with E-state index >= 15 is 0 Å². The smallest absolute Gasteiger partial charge is 0.233 e.